The van der Waals surface area contributed by atoms with Crippen molar-refractivity contribution in [1.82, 2.24) is 15.1 Å². The molecule has 1 saturated heterocycles. The summed E-state index contributed by atoms with van der Waals surface area (Å²) in [5, 5.41) is 7.96. The van der Waals surface area contributed by atoms with Crippen LogP contribution >= 0.6 is 0 Å². The molecule has 1 aliphatic rings. The maximum atomic E-state index is 12.5. The molecule has 0 unspecified atom stereocenters. The van der Waals surface area contributed by atoms with Crippen LogP contribution in [0.25, 0.3) is 10.9 Å². The van der Waals surface area contributed by atoms with Gasteiger partial charge in [0.1, 0.15) is 0 Å². The average Bonchev–Trinajstić information content (AvgIpc) is 2.84. The molecule has 0 bridgehead atoms. The van der Waals surface area contributed by atoms with E-state index < -0.39 is 0 Å². The Morgan fingerprint density at radius 1 is 1.11 bits per heavy atom. The molecule has 2 aromatic rings. The van der Waals surface area contributed by atoms with E-state index in [2.05, 4.69) is 10.2 Å². The molecule has 1 N–H and O–H groups in total. The molecule has 0 atom stereocenters. The summed E-state index contributed by atoms with van der Waals surface area (Å²) >= 11 is 0. The van der Waals surface area contributed by atoms with Gasteiger partial charge >= 0.3 is 0 Å². The molecule has 1 fully saturated rings. The van der Waals surface area contributed by atoms with Gasteiger partial charge in [-0.05, 0) is 25.0 Å². The number of nitrogens with one attached hydrogen (secondary N) is 1. The Bertz CT molecular complexity index is 568. The number of carbonyl (C=O) groups excluding carboxylic acids is 1. The zero-order valence-corrected chi connectivity index (χ0v) is 11.1. The van der Waals surface area contributed by atoms with Crippen LogP contribution in [0.15, 0.2) is 24.4 Å². The third-order valence-electron chi connectivity index (χ3n) is 3.83. The number of likely N-dealkylation sites (tertiary alicyclic amines) is 1. The first-order valence-corrected chi connectivity index (χ1v) is 7.07. The van der Waals surface area contributed by atoms with E-state index in [9.17, 15) is 4.79 Å². The van der Waals surface area contributed by atoms with Crippen molar-refractivity contribution in [1.29, 1.82) is 0 Å². The number of aromatic nitrogens is 2. The van der Waals surface area contributed by atoms with Gasteiger partial charge in [0.2, 0.25) is 0 Å². The number of fused-ring (bicyclic) bond motifs is 1. The molecule has 4 nitrogen and oxygen atoms in total. The van der Waals surface area contributed by atoms with Gasteiger partial charge in [-0.2, -0.15) is 5.10 Å². The number of nitrogens with zero attached hydrogens (tertiary/aromatic N) is 2. The van der Waals surface area contributed by atoms with E-state index in [4.69, 9.17) is 0 Å². The Kier molecular flexibility index (Phi) is 3.49. The predicted molar refractivity (Wildman–Crippen MR) is 75.1 cm³/mol. The van der Waals surface area contributed by atoms with E-state index in [0.29, 0.717) is 0 Å². The number of carbonyl (C=O) groups is 1. The fourth-order valence-electron chi connectivity index (χ4n) is 2.70. The molecule has 100 valence electrons. The molecule has 1 aromatic carbocycles. The summed E-state index contributed by atoms with van der Waals surface area (Å²) in [5.41, 5.74) is 1.69. The van der Waals surface area contributed by atoms with E-state index >= 15 is 0 Å². The Hall–Kier alpha value is -1.84. The standard InChI is InChI=1S/C15H19N3O/c19-15(18-8-4-2-1-3-5-9-18)12-6-7-13-11-16-17-14(13)10-12/h6-7,10-11H,1-5,8-9H2,(H,16,17). The van der Waals surface area contributed by atoms with Crippen LogP contribution < -0.4 is 0 Å². The fourth-order valence-corrected chi connectivity index (χ4v) is 2.70. The first-order chi connectivity index (χ1) is 9.34. The van der Waals surface area contributed by atoms with Crippen molar-refractivity contribution >= 4 is 16.8 Å². The largest absolute Gasteiger partial charge is 0.339 e. The highest BCUT2D eigenvalue weighted by Gasteiger charge is 2.17. The van der Waals surface area contributed by atoms with E-state index in [1.165, 1.54) is 19.3 Å². The molecule has 3 rings (SSSR count). The minimum Gasteiger partial charge on any atom is -0.339 e. The Morgan fingerprint density at radius 2 is 1.84 bits per heavy atom. The summed E-state index contributed by atoms with van der Waals surface area (Å²) < 4.78 is 0. The van der Waals surface area contributed by atoms with Gasteiger partial charge in [-0.15, -0.1) is 0 Å². The first kappa shape index (κ1) is 12.2. The lowest BCUT2D eigenvalue weighted by Gasteiger charge is -2.24. The van der Waals surface area contributed by atoms with Gasteiger partial charge in [-0.25, -0.2) is 0 Å². The maximum Gasteiger partial charge on any atom is 0.253 e. The minimum absolute atomic E-state index is 0.151. The summed E-state index contributed by atoms with van der Waals surface area (Å²) in [5.74, 6) is 0.151. The third-order valence-corrected chi connectivity index (χ3v) is 3.83. The third kappa shape index (κ3) is 2.62. The molecule has 0 aliphatic carbocycles. The van der Waals surface area contributed by atoms with Crippen molar-refractivity contribution < 1.29 is 4.79 Å². The van der Waals surface area contributed by atoms with Crippen LogP contribution in [-0.4, -0.2) is 34.1 Å². The first-order valence-electron chi connectivity index (χ1n) is 7.07. The lowest BCUT2D eigenvalue weighted by atomic mass is 10.1. The fraction of sp³-hybridized carbons (Fsp3) is 0.467. The quantitative estimate of drug-likeness (QED) is 0.853. The maximum absolute atomic E-state index is 12.5. The van der Waals surface area contributed by atoms with Crippen LogP contribution in [0, 0.1) is 0 Å². The smallest absolute Gasteiger partial charge is 0.253 e. The molecular formula is C15H19N3O. The molecule has 19 heavy (non-hydrogen) atoms. The number of amides is 1. The van der Waals surface area contributed by atoms with E-state index in [1.807, 2.05) is 23.1 Å². The zero-order valence-electron chi connectivity index (χ0n) is 11.1. The van der Waals surface area contributed by atoms with Gasteiger partial charge in [-0.1, -0.05) is 25.3 Å². The van der Waals surface area contributed by atoms with Crippen molar-refractivity contribution in [2.24, 2.45) is 0 Å². The minimum atomic E-state index is 0.151. The van der Waals surface area contributed by atoms with Crippen LogP contribution in [0.4, 0.5) is 0 Å². The summed E-state index contributed by atoms with van der Waals surface area (Å²) in [6.07, 6.45) is 7.81. The predicted octanol–water partition coefficient (Wildman–Crippen LogP) is 2.97. The zero-order chi connectivity index (χ0) is 13.1. The molecule has 0 saturated carbocycles. The highest BCUT2D eigenvalue weighted by atomic mass is 16.2. The summed E-state index contributed by atoms with van der Waals surface area (Å²) in [6.45, 7) is 1.78. The van der Waals surface area contributed by atoms with E-state index in [1.54, 1.807) is 6.20 Å². The number of hydrogen-bond donors (Lipinski definition) is 1. The van der Waals surface area contributed by atoms with Crippen molar-refractivity contribution in [3.63, 3.8) is 0 Å². The average molecular weight is 257 g/mol. The highest BCUT2D eigenvalue weighted by Crippen LogP contribution is 2.17. The van der Waals surface area contributed by atoms with Gasteiger partial charge < -0.3 is 4.90 Å². The number of H-pyrrole nitrogens is 1. The van der Waals surface area contributed by atoms with Crippen LogP contribution in [0.3, 0.4) is 0 Å². The molecule has 1 aliphatic heterocycles. The van der Waals surface area contributed by atoms with Gasteiger partial charge in [0.05, 0.1) is 11.7 Å². The Balaban J connectivity index is 1.80. The van der Waals surface area contributed by atoms with Crippen molar-refractivity contribution in [2.45, 2.75) is 32.1 Å². The molecular weight excluding hydrogens is 238 g/mol. The second kappa shape index (κ2) is 5.43. The highest BCUT2D eigenvalue weighted by molar-refractivity contribution is 5.97. The second-order valence-electron chi connectivity index (χ2n) is 5.23. The number of rotatable bonds is 1. The second-order valence-corrected chi connectivity index (χ2v) is 5.23. The molecule has 0 radical (unpaired) electrons. The van der Waals surface area contributed by atoms with E-state index in [-0.39, 0.29) is 5.91 Å². The van der Waals surface area contributed by atoms with Crippen molar-refractivity contribution in [3.05, 3.63) is 30.0 Å². The lowest BCUT2D eigenvalue weighted by molar-refractivity contribution is 0.0742. The lowest BCUT2D eigenvalue weighted by Crippen LogP contribution is -2.33. The Labute approximate surface area is 112 Å². The van der Waals surface area contributed by atoms with Gasteiger partial charge in [0.25, 0.3) is 5.91 Å². The topological polar surface area (TPSA) is 49.0 Å². The Morgan fingerprint density at radius 3 is 2.63 bits per heavy atom. The number of aromatic amines is 1. The van der Waals surface area contributed by atoms with Gasteiger partial charge in [0, 0.05) is 24.0 Å². The molecule has 4 heteroatoms. The van der Waals surface area contributed by atoms with Gasteiger partial charge in [0.15, 0.2) is 0 Å². The van der Waals surface area contributed by atoms with Crippen molar-refractivity contribution in [2.75, 3.05) is 13.1 Å². The number of hydrogen-bond acceptors (Lipinski definition) is 2. The monoisotopic (exact) mass is 257 g/mol. The van der Waals surface area contributed by atoms with Gasteiger partial charge in [-0.3, -0.25) is 9.89 Å². The molecule has 0 spiro atoms. The normalized spacial score (nSPS) is 17.2. The van der Waals surface area contributed by atoms with Crippen LogP contribution in [0.1, 0.15) is 42.5 Å². The van der Waals surface area contributed by atoms with Crippen LogP contribution in [0.5, 0.6) is 0 Å². The number of benzene rings is 1. The molecule has 2 heterocycles. The van der Waals surface area contributed by atoms with E-state index in [0.717, 1.165) is 42.4 Å². The summed E-state index contributed by atoms with van der Waals surface area (Å²) in [7, 11) is 0. The van der Waals surface area contributed by atoms with Crippen LogP contribution in [-0.2, 0) is 0 Å². The molecule has 1 aromatic heterocycles. The molecule has 1 amide bonds. The summed E-state index contributed by atoms with van der Waals surface area (Å²) in [6, 6.07) is 5.76. The van der Waals surface area contributed by atoms with Crippen molar-refractivity contribution in [3.8, 4) is 0 Å². The summed E-state index contributed by atoms with van der Waals surface area (Å²) in [4.78, 5) is 14.5. The SMILES string of the molecule is O=C(c1ccc2cn[nH]c2c1)N1CCCCCCC1. The van der Waals surface area contributed by atoms with Crippen LogP contribution in [0.2, 0.25) is 0 Å².